The molecule has 4 aromatic rings. The van der Waals surface area contributed by atoms with Crippen molar-refractivity contribution in [1.29, 1.82) is 0 Å². The van der Waals surface area contributed by atoms with Crippen LogP contribution in [0.2, 0.25) is 0 Å². The molecule has 150 valence electrons. The van der Waals surface area contributed by atoms with E-state index in [-0.39, 0.29) is 0 Å². The number of likely N-dealkylation sites (N-methyl/N-ethyl adjacent to an activating group) is 1. The Hall–Kier alpha value is -3.74. The van der Waals surface area contributed by atoms with Gasteiger partial charge >= 0.3 is 6.01 Å². The van der Waals surface area contributed by atoms with Crippen LogP contribution in [0.25, 0.3) is 11.2 Å². The molecule has 0 fully saturated rings. The Morgan fingerprint density at radius 1 is 1.03 bits per heavy atom. The first-order valence-electron chi connectivity index (χ1n) is 9.95. The van der Waals surface area contributed by atoms with Crippen LogP contribution >= 0.6 is 0 Å². The predicted octanol–water partition coefficient (Wildman–Crippen LogP) is 3.67. The predicted molar refractivity (Wildman–Crippen MR) is 116 cm³/mol. The number of hydrogen-bond donors (Lipinski definition) is 0. The number of hydrogen-bond acceptors (Lipinski definition) is 6. The van der Waals surface area contributed by atoms with Crippen LogP contribution in [-0.2, 0) is 6.54 Å². The van der Waals surface area contributed by atoms with E-state index in [4.69, 9.17) is 4.74 Å². The summed E-state index contributed by atoms with van der Waals surface area (Å²) in [5.41, 5.74) is 3.73. The molecule has 2 aromatic heterocycles. The van der Waals surface area contributed by atoms with Gasteiger partial charge in [-0.25, -0.2) is 9.97 Å². The quantitative estimate of drug-likeness (QED) is 0.513. The fourth-order valence-electron chi connectivity index (χ4n) is 3.67. The third-order valence-corrected chi connectivity index (χ3v) is 5.20. The Morgan fingerprint density at radius 2 is 1.90 bits per heavy atom. The van der Waals surface area contributed by atoms with Gasteiger partial charge in [-0.05, 0) is 24.6 Å². The van der Waals surface area contributed by atoms with E-state index in [1.807, 2.05) is 56.4 Å². The molecule has 0 atom stereocenters. The monoisotopic (exact) mass is 398 g/mol. The van der Waals surface area contributed by atoms with Crippen molar-refractivity contribution >= 4 is 17.0 Å². The van der Waals surface area contributed by atoms with Gasteiger partial charge in [0.15, 0.2) is 5.65 Å². The largest absolute Gasteiger partial charge is 0.424 e. The molecule has 1 aliphatic heterocycles. The molecule has 30 heavy (non-hydrogen) atoms. The molecule has 1 aliphatic rings. The summed E-state index contributed by atoms with van der Waals surface area (Å²) < 4.78 is 8.08. The molecule has 2 aromatic carbocycles. The number of fused-ring (bicyclic) bond motifs is 1. The maximum absolute atomic E-state index is 6.00. The Bertz CT molecular complexity index is 1230. The van der Waals surface area contributed by atoms with Crippen molar-refractivity contribution in [2.75, 3.05) is 20.1 Å². The Kier molecular flexibility index (Phi) is 4.63. The molecular weight excluding hydrogens is 376 g/mol. The molecule has 0 saturated heterocycles. The number of amidine groups is 1. The molecule has 0 radical (unpaired) electrons. The van der Waals surface area contributed by atoms with E-state index < -0.39 is 0 Å². The van der Waals surface area contributed by atoms with E-state index in [0.717, 1.165) is 41.5 Å². The molecule has 0 spiro atoms. The molecule has 7 heteroatoms. The minimum absolute atomic E-state index is 0.301. The second-order valence-corrected chi connectivity index (χ2v) is 7.35. The first kappa shape index (κ1) is 18.3. The van der Waals surface area contributed by atoms with Gasteiger partial charge in [-0.15, -0.1) is 0 Å². The molecule has 7 nitrogen and oxygen atoms in total. The lowest BCUT2D eigenvalue weighted by molar-refractivity contribution is 0.443. The van der Waals surface area contributed by atoms with Gasteiger partial charge < -0.3 is 14.2 Å². The number of benzene rings is 2. The van der Waals surface area contributed by atoms with E-state index in [2.05, 4.69) is 41.5 Å². The molecule has 0 aliphatic carbocycles. The van der Waals surface area contributed by atoms with Crippen molar-refractivity contribution in [2.24, 2.45) is 4.99 Å². The number of aliphatic imine (C=N–C) groups is 1. The second kappa shape index (κ2) is 7.59. The molecule has 3 heterocycles. The zero-order valence-electron chi connectivity index (χ0n) is 17.0. The SMILES string of the molecule is Cc1nc2cnc(Oc3cccc(C4=NCCN4C)c3)nc2n1Cc1ccccc1. The standard InChI is InChI=1S/C23H22N6O/c1-16-26-20-14-25-23(27-22(20)29(16)15-17-7-4-3-5-8-17)30-19-10-6-9-18(13-19)21-24-11-12-28(21)2/h3-10,13-14H,11-12,15H2,1-2H3. The van der Waals surface area contributed by atoms with Crippen LogP contribution in [-0.4, -0.2) is 50.4 Å². The molecule has 0 bridgehead atoms. The number of rotatable bonds is 5. The van der Waals surface area contributed by atoms with Gasteiger partial charge in [-0.2, -0.15) is 4.98 Å². The first-order valence-corrected chi connectivity index (χ1v) is 9.95. The summed E-state index contributed by atoms with van der Waals surface area (Å²) in [4.78, 5) is 20.3. The third-order valence-electron chi connectivity index (χ3n) is 5.20. The van der Waals surface area contributed by atoms with E-state index in [9.17, 15) is 0 Å². The summed E-state index contributed by atoms with van der Waals surface area (Å²) in [7, 11) is 2.05. The van der Waals surface area contributed by atoms with Crippen LogP contribution < -0.4 is 4.74 Å². The second-order valence-electron chi connectivity index (χ2n) is 7.35. The van der Waals surface area contributed by atoms with Crippen LogP contribution in [0.15, 0.2) is 65.8 Å². The normalized spacial score (nSPS) is 13.7. The van der Waals surface area contributed by atoms with Gasteiger partial charge in [0.05, 0.1) is 19.3 Å². The smallest absolute Gasteiger partial charge is 0.324 e. The van der Waals surface area contributed by atoms with E-state index in [1.165, 1.54) is 5.56 Å². The van der Waals surface area contributed by atoms with Gasteiger partial charge in [0.1, 0.15) is 22.9 Å². The zero-order chi connectivity index (χ0) is 20.5. The Balaban J connectivity index is 1.45. The molecular formula is C23H22N6O. The summed E-state index contributed by atoms with van der Waals surface area (Å²) in [6.07, 6.45) is 1.71. The molecule has 0 saturated carbocycles. The number of aryl methyl sites for hydroxylation is 1. The number of ether oxygens (including phenoxy) is 1. The van der Waals surface area contributed by atoms with Crippen molar-refractivity contribution in [3.8, 4) is 11.8 Å². The summed E-state index contributed by atoms with van der Waals surface area (Å²) in [6.45, 7) is 4.43. The van der Waals surface area contributed by atoms with Crippen molar-refractivity contribution in [1.82, 2.24) is 24.4 Å². The summed E-state index contributed by atoms with van der Waals surface area (Å²) in [6, 6.07) is 18.4. The first-order chi connectivity index (χ1) is 14.7. The van der Waals surface area contributed by atoms with E-state index in [0.29, 0.717) is 18.3 Å². The lowest BCUT2D eigenvalue weighted by Gasteiger charge is -2.14. The third kappa shape index (κ3) is 3.50. The Labute approximate surface area is 174 Å². The lowest BCUT2D eigenvalue weighted by Crippen LogP contribution is -2.23. The Morgan fingerprint density at radius 3 is 2.70 bits per heavy atom. The topological polar surface area (TPSA) is 68.4 Å². The van der Waals surface area contributed by atoms with Gasteiger partial charge in [-0.3, -0.25) is 4.99 Å². The summed E-state index contributed by atoms with van der Waals surface area (Å²) >= 11 is 0. The van der Waals surface area contributed by atoms with Crippen molar-refractivity contribution in [2.45, 2.75) is 13.5 Å². The minimum Gasteiger partial charge on any atom is -0.424 e. The maximum Gasteiger partial charge on any atom is 0.324 e. The maximum atomic E-state index is 6.00. The average molecular weight is 398 g/mol. The minimum atomic E-state index is 0.301. The van der Waals surface area contributed by atoms with Crippen LogP contribution in [0.4, 0.5) is 0 Å². The van der Waals surface area contributed by atoms with Gasteiger partial charge in [0, 0.05) is 19.2 Å². The molecule has 0 unspecified atom stereocenters. The van der Waals surface area contributed by atoms with Crippen molar-refractivity contribution < 1.29 is 4.74 Å². The molecule has 0 N–H and O–H groups in total. The fraction of sp³-hybridized carbons (Fsp3) is 0.217. The average Bonchev–Trinajstić information content (AvgIpc) is 3.32. The van der Waals surface area contributed by atoms with E-state index in [1.54, 1.807) is 6.20 Å². The highest BCUT2D eigenvalue weighted by molar-refractivity contribution is 5.99. The number of aromatic nitrogens is 4. The summed E-state index contributed by atoms with van der Waals surface area (Å²) in [5.74, 6) is 2.55. The van der Waals surface area contributed by atoms with Gasteiger partial charge in [-0.1, -0.05) is 42.5 Å². The van der Waals surface area contributed by atoms with Crippen LogP contribution in [0, 0.1) is 6.92 Å². The highest BCUT2D eigenvalue weighted by Gasteiger charge is 2.16. The number of nitrogens with zero attached hydrogens (tertiary/aromatic N) is 6. The summed E-state index contributed by atoms with van der Waals surface area (Å²) in [5, 5.41) is 0. The molecule has 5 rings (SSSR count). The highest BCUT2D eigenvalue weighted by atomic mass is 16.5. The zero-order valence-corrected chi connectivity index (χ0v) is 17.0. The van der Waals surface area contributed by atoms with Crippen molar-refractivity contribution in [3.63, 3.8) is 0 Å². The van der Waals surface area contributed by atoms with Crippen molar-refractivity contribution in [3.05, 3.63) is 77.7 Å². The molecule has 0 amide bonds. The van der Waals surface area contributed by atoms with Crippen LogP contribution in [0.3, 0.4) is 0 Å². The van der Waals surface area contributed by atoms with E-state index >= 15 is 0 Å². The highest BCUT2D eigenvalue weighted by Crippen LogP contribution is 2.23. The fourth-order valence-corrected chi connectivity index (χ4v) is 3.67. The van der Waals surface area contributed by atoms with Gasteiger partial charge in [0.2, 0.25) is 0 Å². The van der Waals surface area contributed by atoms with Crippen LogP contribution in [0.5, 0.6) is 11.8 Å². The number of imidazole rings is 1. The lowest BCUT2D eigenvalue weighted by atomic mass is 10.2. The van der Waals surface area contributed by atoms with Crippen LogP contribution in [0.1, 0.15) is 17.0 Å². The van der Waals surface area contributed by atoms with Gasteiger partial charge in [0.25, 0.3) is 0 Å².